The lowest BCUT2D eigenvalue weighted by Crippen LogP contribution is -2.37. The summed E-state index contributed by atoms with van der Waals surface area (Å²) in [5.74, 6) is 2.65. The summed E-state index contributed by atoms with van der Waals surface area (Å²) in [6.45, 7) is 4.95. The summed E-state index contributed by atoms with van der Waals surface area (Å²) >= 11 is 0. The molecule has 8 nitrogen and oxygen atoms in total. The van der Waals surface area contributed by atoms with Crippen LogP contribution >= 0.6 is 0 Å². The van der Waals surface area contributed by atoms with E-state index in [2.05, 4.69) is 0 Å². The van der Waals surface area contributed by atoms with E-state index in [0.29, 0.717) is 59.0 Å². The second kappa shape index (κ2) is 13.9. The maximum absolute atomic E-state index is 14.5. The molecule has 0 aliphatic rings. The van der Waals surface area contributed by atoms with E-state index in [1.54, 1.807) is 17.0 Å². The second-order valence-electron chi connectivity index (χ2n) is 8.71. The molecule has 1 amide bonds. The lowest BCUT2D eigenvalue weighted by Gasteiger charge is -2.26. The van der Waals surface area contributed by atoms with Crippen LogP contribution in [0.5, 0.6) is 28.7 Å². The summed E-state index contributed by atoms with van der Waals surface area (Å²) in [4.78, 5) is 21.0. The minimum absolute atomic E-state index is 0.323. The SMILES string of the molecule is CCOc1ccc(N=C(c2ccccc2)N(C(=O)c2cc(OC)c(OC)c(OC)c2)c2ccc(OCC)cc2)cc1. The molecule has 0 atom stereocenters. The normalized spacial score (nSPS) is 11.0. The summed E-state index contributed by atoms with van der Waals surface area (Å²) in [7, 11) is 4.54. The minimum atomic E-state index is -0.345. The fourth-order valence-corrected chi connectivity index (χ4v) is 4.26. The molecule has 0 fully saturated rings. The van der Waals surface area contributed by atoms with Gasteiger partial charge < -0.3 is 23.7 Å². The minimum Gasteiger partial charge on any atom is -0.494 e. The van der Waals surface area contributed by atoms with Gasteiger partial charge in [-0.1, -0.05) is 30.3 Å². The Morgan fingerprint density at radius 3 is 1.71 bits per heavy atom. The number of amides is 1. The zero-order valence-electron chi connectivity index (χ0n) is 23.9. The summed E-state index contributed by atoms with van der Waals surface area (Å²) in [5.41, 5.74) is 2.32. The predicted octanol–water partition coefficient (Wildman–Crippen LogP) is 6.94. The van der Waals surface area contributed by atoms with Gasteiger partial charge in [0.1, 0.15) is 17.3 Å². The van der Waals surface area contributed by atoms with Gasteiger partial charge in [0.25, 0.3) is 5.91 Å². The highest BCUT2D eigenvalue weighted by Crippen LogP contribution is 2.39. The molecule has 0 N–H and O–H groups in total. The fourth-order valence-electron chi connectivity index (χ4n) is 4.26. The van der Waals surface area contributed by atoms with E-state index < -0.39 is 0 Å². The van der Waals surface area contributed by atoms with Crippen LogP contribution in [0.4, 0.5) is 11.4 Å². The van der Waals surface area contributed by atoms with E-state index in [9.17, 15) is 4.79 Å². The molecule has 0 bridgehead atoms. The highest BCUT2D eigenvalue weighted by atomic mass is 16.5. The molecule has 0 radical (unpaired) electrons. The van der Waals surface area contributed by atoms with Gasteiger partial charge >= 0.3 is 0 Å². The van der Waals surface area contributed by atoms with Crippen molar-refractivity contribution in [2.75, 3.05) is 39.4 Å². The molecule has 212 valence electrons. The lowest BCUT2D eigenvalue weighted by molar-refractivity contribution is 0.100. The quantitative estimate of drug-likeness (QED) is 0.148. The molecule has 0 aromatic heterocycles. The van der Waals surface area contributed by atoms with Crippen LogP contribution < -0.4 is 28.6 Å². The summed E-state index contributed by atoms with van der Waals surface area (Å²) in [6.07, 6.45) is 0. The molecule has 4 aromatic carbocycles. The van der Waals surface area contributed by atoms with Crippen molar-refractivity contribution in [2.24, 2.45) is 4.99 Å². The Morgan fingerprint density at radius 2 is 1.22 bits per heavy atom. The predicted molar refractivity (Wildman–Crippen MR) is 161 cm³/mol. The zero-order chi connectivity index (χ0) is 29.2. The molecular weight excluding hydrogens is 520 g/mol. The number of methoxy groups -OCH3 is 3. The third-order valence-electron chi connectivity index (χ3n) is 6.15. The number of amidine groups is 1. The Labute approximate surface area is 240 Å². The first-order valence-corrected chi connectivity index (χ1v) is 13.3. The van der Waals surface area contributed by atoms with Gasteiger partial charge in [-0.3, -0.25) is 9.69 Å². The number of rotatable bonds is 11. The van der Waals surface area contributed by atoms with Crippen molar-refractivity contribution in [1.29, 1.82) is 0 Å². The number of anilines is 1. The first kappa shape index (κ1) is 29.0. The molecular formula is C33H34N2O6. The van der Waals surface area contributed by atoms with Crippen LogP contribution in [0.25, 0.3) is 0 Å². The highest BCUT2D eigenvalue weighted by Gasteiger charge is 2.27. The van der Waals surface area contributed by atoms with Crippen molar-refractivity contribution in [3.8, 4) is 28.7 Å². The molecule has 0 aliphatic carbocycles. The molecule has 0 saturated carbocycles. The Bertz CT molecular complexity index is 1440. The molecule has 41 heavy (non-hydrogen) atoms. The smallest absolute Gasteiger partial charge is 0.264 e. The average Bonchev–Trinajstić information content (AvgIpc) is 3.02. The monoisotopic (exact) mass is 554 g/mol. The van der Waals surface area contributed by atoms with Gasteiger partial charge in [-0.25, -0.2) is 4.99 Å². The van der Waals surface area contributed by atoms with Crippen LogP contribution in [0.15, 0.2) is 96.0 Å². The third kappa shape index (κ3) is 6.78. The highest BCUT2D eigenvalue weighted by molar-refractivity contribution is 6.28. The van der Waals surface area contributed by atoms with Gasteiger partial charge in [0.15, 0.2) is 11.5 Å². The van der Waals surface area contributed by atoms with Gasteiger partial charge in [-0.05, 0) is 74.5 Å². The van der Waals surface area contributed by atoms with Gasteiger partial charge in [0.2, 0.25) is 5.75 Å². The van der Waals surface area contributed by atoms with Crippen molar-refractivity contribution < 1.29 is 28.5 Å². The molecule has 0 saturated heterocycles. The van der Waals surface area contributed by atoms with E-state index in [-0.39, 0.29) is 5.91 Å². The van der Waals surface area contributed by atoms with E-state index in [0.717, 1.165) is 11.3 Å². The van der Waals surface area contributed by atoms with Crippen molar-refractivity contribution in [3.63, 3.8) is 0 Å². The van der Waals surface area contributed by atoms with Crippen LogP contribution in [0, 0.1) is 0 Å². The van der Waals surface area contributed by atoms with Gasteiger partial charge in [-0.15, -0.1) is 0 Å². The average molecular weight is 555 g/mol. The van der Waals surface area contributed by atoms with Crippen LogP contribution in [0.1, 0.15) is 29.8 Å². The molecule has 4 aromatic rings. The topological polar surface area (TPSA) is 78.8 Å². The number of carbonyl (C=O) groups is 1. The Morgan fingerprint density at radius 1 is 0.683 bits per heavy atom. The largest absolute Gasteiger partial charge is 0.494 e. The van der Waals surface area contributed by atoms with E-state index >= 15 is 0 Å². The number of hydrogen-bond acceptors (Lipinski definition) is 7. The maximum Gasteiger partial charge on any atom is 0.264 e. The molecule has 0 unspecified atom stereocenters. The number of aliphatic imine (C=N–C) groups is 1. The van der Waals surface area contributed by atoms with Gasteiger partial charge in [0.05, 0.1) is 45.9 Å². The number of nitrogens with zero attached hydrogens (tertiary/aromatic N) is 2. The Balaban J connectivity index is 1.92. The second-order valence-corrected chi connectivity index (χ2v) is 8.71. The van der Waals surface area contributed by atoms with Gasteiger partial charge in [-0.2, -0.15) is 0 Å². The summed E-state index contributed by atoms with van der Waals surface area (Å²) < 4.78 is 27.8. The maximum atomic E-state index is 14.5. The van der Waals surface area contributed by atoms with Gasteiger partial charge in [0, 0.05) is 11.1 Å². The van der Waals surface area contributed by atoms with Crippen molar-refractivity contribution in [3.05, 3.63) is 102 Å². The standard InChI is InChI=1S/C33H34N2O6/c1-6-40-27-17-13-25(14-18-27)34-32(23-11-9-8-10-12-23)35(26-15-19-28(20-16-26)41-7-2)33(36)24-21-29(37-3)31(39-5)30(22-24)38-4/h8-22H,6-7H2,1-5H3. The van der Waals surface area contributed by atoms with Crippen LogP contribution in [-0.2, 0) is 0 Å². The van der Waals surface area contributed by atoms with E-state index in [4.69, 9.17) is 28.7 Å². The van der Waals surface area contributed by atoms with Crippen LogP contribution in [-0.4, -0.2) is 46.3 Å². The first-order chi connectivity index (χ1) is 20.0. The molecule has 8 heteroatoms. The number of ether oxygens (including phenoxy) is 5. The van der Waals surface area contributed by atoms with E-state index in [1.807, 2.05) is 92.7 Å². The number of benzene rings is 4. The lowest BCUT2D eigenvalue weighted by atomic mass is 10.1. The molecule has 4 rings (SSSR count). The number of carbonyl (C=O) groups excluding carboxylic acids is 1. The van der Waals surface area contributed by atoms with E-state index in [1.165, 1.54) is 21.3 Å². The Kier molecular flexibility index (Phi) is 9.83. The molecule has 0 spiro atoms. The van der Waals surface area contributed by atoms with Crippen molar-refractivity contribution in [1.82, 2.24) is 0 Å². The number of hydrogen-bond donors (Lipinski definition) is 0. The molecule has 0 aliphatic heterocycles. The third-order valence-corrected chi connectivity index (χ3v) is 6.15. The summed E-state index contributed by atoms with van der Waals surface area (Å²) in [6, 6.07) is 27.6. The van der Waals surface area contributed by atoms with Crippen molar-refractivity contribution >= 4 is 23.1 Å². The zero-order valence-corrected chi connectivity index (χ0v) is 23.9. The first-order valence-electron chi connectivity index (χ1n) is 13.3. The van der Waals surface area contributed by atoms with Crippen molar-refractivity contribution in [2.45, 2.75) is 13.8 Å². The van der Waals surface area contributed by atoms with Crippen LogP contribution in [0.3, 0.4) is 0 Å². The molecule has 0 heterocycles. The fraction of sp³-hybridized carbons (Fsp3) is 0.212. The summed E-state index contributed by atoms with van der Waals surface area (Å²) in [5, 5.41) is 0. The van der Waals surface area contributed by atoms with Crippen LogP contribution in [0.2, 0.25) is 0 Å². The Hall–Kier alpha value is -4.98.